The van der Waals surface area contributed by atoms with Crippen molar-refractivity contribution in [2.24, 2.45) is 4.99 Å². The smallest absolute Gasteiger partial charge is 0.363 e. The second-order valence-electron chi connectivity index (χ2n) is 6.10. The molecule has 0 bridgehead atoms. The fourth-order valence-corrected chi connectivity index (χ4v) is 3.04. The Morgan fingerprint density at radius 3 is 2.43 bits per heavy atom. The molecular weight excluding hydrogens is 376 g/mol. The van der Waals surface area contributed by atoms with Crippen LogP contribution in [0.25, 0.3) is 17.3 Å². The molecule has 0 unspecified atom stereocenters. The standard InChI is InChI=1S/C22H15ClN2O3/c1-14-19(20(25-28-14)16-10-6-3-7-11-16)21-24-18(22(26)27-21)13-17(23)12-15-8-4-2-5-9-15/h2-13H,1H3/b17-12-,18-13+. The number of hydrogen-bond acceptors (Lipinski definition) is 5. The summed E-state index contributed by atoms with van der Waals surface area (Å²) in [6, 6.07) is 19.0. The summed E-state index contributed by atoms with van der Waals surface area (Å²) >= 11 is 6.27. The number of rotatable bonds is 4. The normalized spacial score (nSPS) is 15.6. The van der Waals surface area contributed by atoms with Crippen molar-refractivity contribution < 1.29 is 14.1 Å². The lowest BCUT2D eigenvalue weighted by Crippen LogP contribution is -2.07. The molecule has 4 rings (SSSR count). The van der Waals surface area contributed by atoms with Gasteiger partial charge in [0, 0.05) is 10.6 Å². The van der Waals surface area contributed by atoms with Crippen molar-refractivity contribution in [2.45, 2.75) is 6.92 Å². The first-order valence-corrected chi connectivity index (χ1v) is 8.96. The maximum atomic E-state index is 12.3. The van der Waals surface area contributed by atoms with Crippen molar-refractivity contribution in [1.82, 2.24) is 5.16 Å². The van der Waals surface area contributed by atoms with Crippen LogP contribution in [0.1, 0.15) is 16.9 Å². The first-order chi connectivity index (χ1) is 13.6. The quantitative estimate of drug-likeness (QED) is 0.458. The second-order valence-corrected chi connectivity index (χ2v) is 6.54. The summed E-state index contributed by atoms with van der Waals surface area (Å²) in [6.07, 6.45) is 3.23. The van der Waals surface area contributed by atoms with Crippen LogP contribution >= 0.6 is 11.6 Å². The van der Waals surface area contributed by atoms with Gasteiger partial charge in [0.05, 0.1) is 0 Å². The largest absolute Gasteiger partial charge is 0.402 e. The van der Waals surface area contributed by atoms with Crippen LogP contribution in [-0.4, -0.2) is 17.0 Å². The Kier molecular flexibility index (Phi) is 4.91. The molecule has 3 aromatic rings. The molecule has 0 aliphatic carbocycles. The summed E-state index contributed by atoms with van der Waals surface area (Å²) in [5.74, 6) is 0.0878. The molecule has 2 aromatic carbocycles. The van der Waals surface area contributed by atoms with E-state index in [1.807, 2.05) is 60.7 Å². The van der Waals surface area contributed by atoms with Crippen LogP contribution in [0, 0.1) is 6.92 Å². The minimum Gasteiger partial charge on any atom is -0.402 e. The zero-order valence-electron chi connectivity index (χ0n) is 14.9. The van der Waals surface area contributed by atoms with Crippen LogP contribution in [0.5, 0.6) is 0 Å². The Balaban J connectivity index is 1.69. The maximum absolute atomic E-state index is 12.3. The summed E-state index contributed by atoms with van der Waals surface area (Å²) in [7, 11) is 0. The number of carbonyl (C=O) groups excluding carboxylic acids is 1. The maximum Gasteiger partial charge on any atom is 0.363 e. The molecule has 0 N–H and O–H groups in total. The monoisotopic (exact) mass is 390 g/mol. The van der Waals surface area contributed by atoms with Crippen molar-refractivity contribution in [3.63, 3.8) is 0 Å². The third-order valence-electron chi connectivity index (χ3n) is 4.12. The molecule has 2 heterocycles. The number of esters is 1. The Labute approximate surface area is 166 Å². The highest BCUT2D eigenvalue weighted by Crippen LogP contribution is 2.29. The Bertz CT molecular complexity index is 1110. The molecule has 0 spiro atoms. The highest BCUT2D eigenvalue weighted by atomic mass is 35.5. The van der Waals surface area contributed by atoms with Crippen LogP contribution in [-0.2, 0) is 9.53 Å². The number of benzene rings is 2. The van der Waals surface area contributed by atoms with Crippen molar-refractivity contribution in [3.8, 4) is 11.3 Å². The van der Waals surface area contributed by atoms with Gasteiger partial charge in [-0.3, -0.25) is 0 Å². The van der Waals surface area contributed by atoms with Gasteiger partial charge in [0.25, 0.3) is 0 Å². The Hall–Kier alpha value is -3.44. The second kappa shape index (κ2) is 7.66. The molecule has 0 amide bonds. The third kappa shape index (κ3) is 3.66. The molecule has 0 saturated heterocycles. The van der Waals surface area contributed by atoms with E-state index < -0.39 is 5.97 Å². The summed E-state index contributed by atoms with van der Waals surface area (Å²) < 4.78 is 10.7. The number of allylic oxidation sites excluding steroid dienone is 2. The molecule has 5 nitrogen and oxygen atoms in total. The summed E-state index contributed by atoms with van der Waals surface area (Å²) in [6.45, 7) is 1.75. The minimum atomic E-state index is -0.575. The van der Waals surface area contributed by atoms with Crippen molar-refractivity contribution in [3.05, 3.63) is 94.4 Å². The molecule has 0 saturated carbocycles. The number of aromatic nitrogens is 1. The fourth-order valence-electron chi connectivity index (χ4n) is 2.81. The minimum absolute atomic E-state index is 0.117. The van der Waals surface area contributed by atoms with E-state index in [0.717, 1.165) is 11.1 Å². The molecule has 0 atom stereocenters. The summed E-state index contributed by atoms with van der Waals surface area (Å²) in [4.78, 5) is 16.6. The van der Waals surface area contributed by atoms with Gasteiger partial charge in [-0.05, 0) is 24.6 Å². The Morgan fingerprint density at radius 2 is 1.71 bits per heavy atom. The van der Waals surface area contributed by atoms with Crippen LogP contribution < -0.4 is 0 Å². The number of aryl methyl sites for hydroxylation is 1. The number of cyclic esters (lactones) is 1. The van der Waals surface area contributed by atoms with Crippen molar-refractivity contribution >= 4 is 29.5 Å². The lowest BCUT2D eigenvalue weighted by molar-refractivity contribution is -0.130. The summed E-state index contributed by atoms with van der Waals surface area (Å²) in [5, 5.41) is 4.46. The average molecular weight is 391 g/mol. The van der Waals surface area contributed by atoms with Gasteiger partial charge in [0.15, 0.2) is 5.70 Å². The molecule has 138 valence electrons. The molecule has 0 radical (unpaired) electrons. The lowest BCUT2D eigenvalue weighted by atomic mass is 10.1. The van der Waals surface area contributed by atoms with Crippen molar-refractivity contribution in [2.75, 3.05) is 0 Å². The van der Waals surface area contributed by atoms with E-state index in [4.69, 9.17) is 20.9 Å². The van der Waals surface area contributed by atoms with E-state index >= 15 is 0 Å². The predicted octanol–water partition coefficient (Wildman–Crippen LogP) is 5.12. The zero-order chi connectivity index (χ0) is 19.5. The van der Waals surface area contributed by atoms with E-state index in [1.54, 1.807) is 13.0 Å². The third-order valence-corrected chi connectivity index (χ3v) is 4.34. The van der Waals surface area contributed by atoms with Gasteiger partial charge in [-0.25, -0.2) is 9.79 Å². The van der Waals surface area contributed by atoms with Crippen LogP contribution in [0.2, 0.25) is 0 Å². The van der Waals surface area contributed by atoms with E-state index in [9.17, 15) is 4.79 Å². The van der Waals surface area contributed by atoms with Gasteiger partial charge in [-0.2, -0.15) is 0 Å². The van der Waals surface area contributed by atoms with E-state index in [1.165, 1.54) is 6.08 Å². The van der Waals surface area contributed by atoms with Gasteiger partial charge in [0.2, 0.25) is 5.90 Å². The molecule has 1 aliphatic heterocycles. The number of halogens is 1. The van der Waals surface area contributed by atoms with Gasteiger partial charge in [-0.15, -0.1) is 0 Å². The zero-order valence-corrected chi connectivity index (χ0v) is 15.7. The van der Waals surface area contributed by atoms with E-state index in [0.29, 0.717) is 22.0 Å². The lowest BCUT2D eigenvalue weighted by Gasteiger charge is -2.01. The predicted molar refractivity (Wildman–Crippen MR) is 108 cm³/mol. The molecule has 6 heteroatoms. The molecular formula is C22H15ClN2O3. The van der Waals surface area contributed by atoms with Crippen LogP contribution in [0.4, 0.5) is 0 Å². The van der Waals surface area contributed by atoms with E-state index in [-0.39, 0.29) is 11.6 Å². The molecule has 1 aromatic heterocycles. The first kappa shape index (κ1) is 17.9. The fraction of sp³-hybridized carbons (Fsp3) is 0.0455. The van der Waals surface area contributed by atoms with Crippen molar-refractivity contribution in [1.29, 1.82) is 0 Å². The number of aliphatic imine (C=N–C) groups is 1. The SMILES string of the molecule is Cc1onc(-c2ccccc2)c1C1=N/C(=C/C(Cl)=C/c2ccccc2)C(=O)O1. The number of nitrogens with zero attached hydrogens (tertiary/aromatic N) is 2. The average Bonchev–Trinajstić information content (AvgIpc) is 3.25. The highest BCUT2D eigenvalue weighted by molar-refractivity contribution is 6.33. The van der Waals surface area contributed by atoms with Gasteiger partial charge >= 0.3 is 5.97 Å². The number of ether oxygens (including phenoxy) is 1. The topological polar surface area (TPSA) is 64.7 Å². The first-order valence-electron chi connectivity index (χ1n) is 8.58. The highest BCUT2D eigenvalue weighted by Gasteiger charge is 2.30. The molecule has 28 heavy (non-hydrogen) atoms. The molecule has 1 aliphatic rings. The number of carbonyl (C=O) groups is 1. The summed E-state index contributed by atoms with van der Waals surface area (Å²) in [5.41, 5.74) is 2.99. The van der Waals surface area contributed by atoms with Crippen LogP contribution in [0.15, 0.2) is 87.0 Å². The van der Waals surface area contributed by atoms with E-state index in [2.05, 4.69) is 10.1 Å². The van der Waals surface area contributed by atoms with Crippen LogP contribution in [0.3, 0.4) is 0 Å². The molecule has 0 fully saturated rings. The number of hydrogen-bond donors (Lipinski definition) is 0. The van der Waals surface area contributed by atoms with Gasteiger partial charge in [-0.1, -0.05) is 77.4 Å². The Morgan fingerprint density at radius 1 is 1.04 bits per heavy atom. The van der Waals surface area contributed by atoms with Gasteiger partial charge < -0.3 is 9.26 Å². The van der Waals surface area contributed by atoms with Gasteiger partial charge in [0.1, 0.15) is 17.0 Å².